The van der Waals surface area contributed by atoms with Crippen molar-refractivity contribution in [3.05, 3.63) is 23.5 Å². The lowest BCUT2D eigenvalue weighted by molar-refractivity contribution is 0.601. The third-order valence-electron chi connectivity index (χ3n) is 2.20. The predicted octanol–water partition coefficient (Wildman–Crippen LogP) is 0.697. The fourth-order valence-corrected chi connectivity index (χ4v) is 3.30. The van der Waals surface area contributed by atoms with E-state index in [1.165, 1.54) is 28.4 Å². The first-order valence-corrected chi connectivity index (χ1v) is 7.47. The first-order chi connectivity index (χ1) is 8.38. The quantitative estimate of drug-likeness (QED) is 0.861. The van der Waals surface area contributed by atoms with Crippen LogP contribution in [0, 0.1) is 0 Å². The summed E-state index contributed by atoms with van der Waals surface area (Å²) in [6.45, 7) is 1.79. The third kappa shape index (κ3) is 2.68. The Balaban J connectivity index is 2.22. The van der Waals surface area contributed by atoms with Crippen LogP contribution in [0.1, 0.15) is 18.7 Å². The van der Waals surface area contributed by atoms with Crippen LogP contribution in [0.25, 0.3) is 0 Å². The fourth-order valence-electron chi connectivity index (χ4n) is 1.25. The Morgan fingerprint density at radius 3 is 2.78 bits per heavy atom. The number of nitrogens with zero attached hydrogens (tertiary/aromatic N) is 3. The molecule has 2 heterocycles. The van der Waals surface area contributed by atoms with Crippen molar-refractivity contribution in [3.8, 4) is 0 Å². The Labute approximate surface area is 109 Å². The zero-order valence-electron chi connectivity index (χ0n) is 9.86. The predicted molar refractivity (Wildman–Crippen MR) is 68.7 cm³/mol. The molecule has 0 saturated heterocycles. The minimum absolute atomic E-state index is 0.0996. The molecule has 0 amide bonds. The summed E-state index contributed by atoms with van der Waals surface area (Å²) in [6, 6.07) is -0.224. The number of thiazole rings is 1. The normalized spacial score (nSPS) is 13.5. The first-order valence-electron chi connectivity index (χ1n) is 5.11. The Hall–Kier alpha value is -1.45. The molecule has 1 unspecified atom stereocenters. The van der Waals surface area contributed by atoms with E-state index >= 15 is 0 Å². The van der Waals surface area contributed by atoms with Crippen molar-refractivity contribution in [1.82, 2.24) is 14.8 Å². The van der Waals surface area contributed by atoms with Crippen LogP contribution in [-0.4, -0.2) is 23.2 Å². The maximum absolute atomic E-state index is 12.0. The second kappa shape index (κ2) is 4.67. The number of sulfonamides is 1. The van der Waals surface area contributed by atoms with Gasteiger partial charge in [0.15, 0.2) is 5.13 Å². The van der Waals surface area contributed by atoms with Gasteiger partial charge in [0.05, 0.1) is 11.9 Å². The summed E-state index contributed by atoms with van der Waals surface area (Å²) in [7, 11) is -1.98. The highest BCUT2D eigenvalue weighted by Crippen LogP contribution is 2.22. The van der Waals surface area contributed by atoms with Gasteiger partial charge >= 0.3 is 0 Å². The maximum Gasteiger partial charge on any atom is 0.266 e. The monoisotopic (exact) mass is 287 g/mol. The molecule has 0 bridgehead atoms. The lowest BCUT2D eigenvalue weighted by Crippen LogP contribution is -2.12. The van der Waals surface area contributed by atoms with Gasteiger partial charge in [0.25, 0.3) is 10.0 Å². The van der Waals surface area contributed by atoms with Crippen LogP contribution >= 0.6 is 11.3 Å². The minimum atomic E-state index is -3.63. The molecule has 9 heteroatoms. The zero-order valence-corrected chi connectivity index (χ0v) is 11.5. The number of nitrogens with two attached hydrogens (primary N) is 1. The summed E-state index contributed by atoms with van der Waals surface area (Å²) >= 11 is 1.20. The van der Waals surface area contributed by atoms with Crippen molar-refractivity contribution in [2.75, 3.05) is 4.72 Å². The van der Waals surface area contributed by atoms with Crippen molar-refractivity contribution in [2.24, 2.45) is 12.8 Å². The molecule has 2 aromatic rings. The smallest absolute Gasteiger partial charge is 0.266 e. The van der Waals surface area contributed by atoms with Gasteiger partial charge in [0, 0.05) is 24.7 Å². The molecule has 0 aliphatic heterocycles. The number of rotatable bonds is 4. The van der Waals surface area contributed by atoms with Crippen LogP contribution in [0.2, 0.25) is 0 Å². The van der Waals surface area contributed by atoms with E-state index in [4.69, 9.17) is 5.73 Å². The number of aryl methyl sites for hydroxylation is 1. The van der Waals surface area contributed by atoms with E-state index in [9.17, 15) is 8.42 Å². The van der Waals surface area contributed by atoms with Gasteiger partial charge in [-0.1, -0.05) is 0 Å². The summed E-state index contributed by atoms with van der Waals surface area (Å²) in [5.74, 6) is 0. The van der Waals surface area contributed by atoms with E-state index in [1.807, 2.05) is 0 Å². The highest BCUT2D eigenvalue weighted by atomic mass is 32.2. The van der Waals surface area contributed by atoms with Crippen molar-refractivity contribution in [3.63, 3.8) is 0 Å². The lowest BCUT2D eigenvalue weighted by Gasteiger charge is -2.02. The third-order valence-corrected chi connectivity index (χ3v) is 4.40. The molecule has 0 aliphatic rings. The molecule has 0 radical (unpaired) electrons. The van der Waals surface area contributed by atoms with Gasteiger partial charge < -0.3 is 5.73 Å². The van der Waals surface area contributed by atoms with Crippen molar-refractivity contribution < 1.29 is 8.42 Å². The lowest BCUT2D eigenvalue weighted by atomic mass is 10.3. The van der Waals surface area contributed by atoms with E-state index in [0.29, 0.717) is 10.8 Å². The van der Waals surface area contributed by atoms with E-state index in [0.717, 1.165) is 0 Å². The molecule has 0 fully saturated rings. The number of anilines is 1. The molecule has 0 saturated carbocycles. The van der Waals surface area contributed by atoms with Crippen LogP contribution < -0.4 is 10.5 Å². The van der Waals surface area contributed by atoms with Gasteiger partial charge in [-0.25, -0.2) is 13.4 Å². The van der Waals surface area contributed by atoms with E-state index in [1.54, 1.807) is 19.4 Å². The summed E-state index contributed by atoms with van der Waals surface area (Å²) in [5.41, 5.74) is 6.32. The van der Waals surface area contributed by atoms with Gasteiger partial charge in [-0.05, 0) is 6.92 Å². The van der Waals surface area contributed by atoms with Gasteiger partial charge in [0.2, 0.25) is 0 Å². The molecule has 18 heavy (non-hydrogen) atoms. The minimum Gasteiger partial charge on any atom is -0.323 e. The van der Waals surface area contributed by atoms with E-state index < -0.39 is 10.0 Å². The largest absolute Gasteiger partial charge is 0.323 e. The van der Waals surface area contributed by atoms with E-state index in [2.05, 4.69) is 14.8 Å². The van der Waals surface area contributed by atoms with Gasteiger partial charge in [0.1, 0.15) is 4.90 Å². The van der Waals surface area contributed by atoms with Crippen LogP contribution in [0.15, 0.2) is 22.7 Å². The Morgan fingerprint density at radius 2 is 2.28 bits per heavy atom. The van der Waals surface area contributed by atoms with Gasteiger partial charge in [-0.2, -0.15) is 5.10 Å². The summed E-state index contributed by atoms with van der Waals surface area (Å²) in [4.78, 5) is 4.20. The number of aromatic nitrogens is 3. The molecule has 2 aromatic heterocycles. The number of nitrogens with one attached hydrogen (secondary N) is 1. The Bertz CT molecular complexity index is 643. The Morgan fingerprint density at radius 1 is 1.56 bits per heavy atom. The van der Waals surface area contributed by atoms with Crippen LogP contribution in [0.3, 0.4) is 0 Å². The summed E-state index contributed by atoms with van der Waals surface area (Å²) in [5, 5.41) is 5.84. The van der Waals surface area contributed by atoms with Crippen LogP contribution in [0.4, 0.5) is 5.13 Å². The van der Waals surface area contributed by atoms with Crippen molar-refractivity contribution in [1.29, 1.82) is 0 Å². The SMILES string of the molecule is CC(N)c1csc(NS(=O)(=O)c2cnn(C)c2)n1. The topological polar surface area (TPSA) is 103 Å². The molecule has 3 N–H and O–H groups in total. The molecule has 2 rings (SSSR count). The molecule has 98 valence electrons. The molecular weight excluding hydrogens is 274 g/mol. The fraction of sp³-hybridized carbons (Fsp3) is 0.333. The summed E-state index contributed by atoms with van der Waals surface area (Å²) < 4.78 is 27.7. The number of hydrogen-bond acceptors (Lipinski definition) is 6. The second-order valence-corrected chi connectivity index (χ2v) is 6.36. The van der Waals surface area contributed by atoms with Crippen LogP contribution in [0.5, 0.6) is 0 Å². The van der Waals surface area contributed by atoms with Gasteiger partial charge in [-0.15, -0.1) is 11.3 Å². The van der Waals surface area contributed by atoms with Crippen LogP contribution in [-0.2, 0) is 17.1 Å². The average Bonchev–Trinajstić information content (AvgIpc) is 2.86. The van der Waals surface area contributed by atoms with E-state index in [-0.39, 0.29) is 10.9 Å². The summed E-state index contributed by atoms with van der Waals surface area (Å²) in [6.07, 6.45) is 2.70. The molecule has 7 nitrogen and oxygen atoms in total. The molecule has 1 atom stereocenters. The second-order valence-electron chi connectivity index (χ2n) is 3.82. The maximum atomic E-state index is 12.0. The number of hydrogen-bond donors (Lipinski definition) is 2. The Kier molecular flexibility index (Phi) is 3.37. The molecule has 0 spiro atoms. The zero-order chi connectivity index (χ0) is 13.3. The standard InChI is InChI=1S/C9H13N5O2S2/c1-6(10)8-5-17-9(12-8)13-18(15,16)7-3-11-14(2)4-7/h3-6H,10H2,1-2H3,(H,12,13). The highest BCUT2D eigenvalue weighted by molar-refractivity contribution is 7.93. The highest BCUT2D eigenvalue weighted by Gasteiger charge is 2.18. The average molecular weight is 287 g/mol. The molecular formula is C9H13N5O2S2. The first kappa shape index (κ1) is 13.0. The van der Waals surface area contributed by atoms with Crippen molar-refractivity contribution >= 4 is 26.5 Å². The molecule has 0 aromatic carbocycles. The van der Waals surface area contributed by atoms with Crippen molar-refractivity contribution in [2.45, 2.75) is 17.9 Å². The van der Waals surface area contributed by atoms with Gasteiger partial charge in [-0.3, -0.25) is 9.40 Å². The molecule has 0 aliphatic carbocycles.